The highest BCUT2D eigenvalue weighted by atomic mass is 35.5. The van der Waals surface area contributed by atoms with Crippen LogP contribution in [0.15, 0.2) is 42.5 Å². The lowest BCUT2D eigenvalue weighted by Crippen LogP contribution is -1.94. The van der Waals surface area contributed by atoms with Crippen molar-refractivity contribution in [3.8, 4) is 17.3 Å². The van der Waals surface area contributed by atoms with Gasteiger partial charge in [0.2, 0.25) is 0 Å². The number of nitrogens with zero attached hydrogens (tertiary/aromatic N) is 2. The molecule has 0 bridgehead atoms. The van der Waals surface area contributed by atoms with Crippen LogP contribution < -0.4 is 5.32 Å². The van der Waals surface area contributed by atoms with Crippen LogP contribution in [0.2, 0.25) is 5.02 Å². The topological polar surface area (TPSA) is 48.7 Å². The molecule has 2 aromatic carbocycles. The van der Waals surface area contributed by atoms with Gasteiger partial charge in [0.05, 0.1) is 22.8 Å². The summed E-state index contributed by atoms with van der Waals surface area (Å²) < 4.78 is 0. The lowest BCUT2D eigenvalue weighted by Gasteiger charge is -2.11. The summed E-state index contributed by atoms with van der Waals surface area (Å²) in [4.78, 5) is 4.83. The van der Waals surface area contributed by atoms with Gasteiger partial charge in [-0.15, -0.1) is 0 Å². The first-order valence-corrected chi connectivity index (χ1v) is 7.50. The van der Waals surface area contributed by atoms with Gasteiger partial charge in [0, 0.05) is 33.8 Å². The zero-order valence-corrected chi connectivity index (χ0v) is 12.5. The number of halogens is 1. The van der Waals surface area contributed by atoms with E-state index >= 15 is 0 Å². The van der Waals surface area contributed by atoms with Gasteiger partial charge in [-0.25, -0.2) is 4.98 Å². The summed E-state index contributed by atoms with van der Waals surface area (Å²) in [6.07, 6.45) is 0.945. The van der Waals surface area contributed by atoms with Crippen molar-refractivity contribution in [2.45, 2.75) is 6.42 Å². The number of hydrogen-bond donors (Lipinski definition) is 1. The number of nitriles is 1. The Balaban J connectivity index is 1.98. The number of hydrogen-bond acceptors (Lipinski definition) is 3. The first kappa shape index (κ1) is 13.1. The lowest BCUT2D eigenvalue weighted by molar-refractivity contribution is 1.10. The smallest absolute Gasteiger partial charge is 0.0991 e. The summed E-state index contributed by atoms with van der Waals surface area (Å²) in [5.41, 5.74) is 5.96. The molecule has 0 spiro atoms. The first-order valence-electron chi connectivity index (χ1n) is 7.13. The lowest BCUT2D eigenvalue weighted by atomic mass is 10.00. The van der Waals surface area contributed by atoms with Crippen LogP contribution in [-0.4, -0.2) is 11.5 Å². The molecule has 1 N–H and O–H groups in total. The summed E-state index contributed by atoms with van der Waals surface area (Å²) in [5, 5.41) is 14.2. The highest BCUT2D eigenvalue weighted by Gasteiger charge is 2.20. The molecule has 1 aliphatic heterocycles. The molecule has 1 aromatic heterocycles. The van der Waals surface area contributed by atoms with E-state index in [1.165, 1.54) is 5.56 Å². The predicted octanol–water partition coefficient (Wildman–Crippen LogP) is 4.39. The highest BCUT2D eigenvalue weighted by molar-refractivity contribution is 6.31. The second-order valence-electron chi connectivity index (χ2n) is 5.34. The summed E-state index contributed by atoms with van der Waals surface area (Å²) in [6.45, 7) is 0.909. The van der Waals surface area contributed by atoms with Crippen LogP contribution in [0, 0.1) is 11.3 Å². The van der Waals surface area contributed by atoms with Crippen LogP contribution in [0.5, 0.6) is 0 Å². The molecule has 0 fully saturated rings. The van der Waals surface area contributed by atoms with E-state index in [-0.39, 0.29) is 0 Å². The number of pyridine rings is 1. The minimum Gasteiger partial charge on any atom is -0.384 e. The summed E-state index contributed by atoms with van der Waals surface area (Å²) in [5.74, 6) is 0. The Bertz CT molecular complexity index is 924. The van der Waals surface area contributed by atoms with E-state index < -0.39 is 0 Å². The average molecular weight is 306 g/mol. The number of benzene rings is 2. The fourth-order valence-electron chi connectivity index (χ4n) is 2.97. The second-order valence-corrected chi connectivity index (χ2v) is 5.78. The maximum Gasteiger partial charge on any atom is 0.0991 e. The van der Waals surface area contributed by atoms with Crippen LogP contribution >= 0.6 is 11.6 Å². The Morgan fingerprint density at radius 3 is 2.73 bits per heavy atom. The minimum absolute atomic E-state index is 0.658. The molecule has 0 aliphatic carbocycles. The van der Waals surface area contributed by atoms with E-state index in [1.807, 2.05) is 42.5 Å². The highest BCUT2D eigenvalue weighted by Crippen LogP contribution is 2.38. The van der Waals surface area contributed by atoms with Crippen LogP contribution in [-0.2, 0) is 6.42 Å². The molecule has 0 atom stereocenters. The second kappa shape index (κ2) is 5.01. The molecule has 0 saturated heterocycles. The normalized spacial score (nSPS) is 12.7. The van der Waals surface area contributed by atoms with E-state index in [9.17, 15) is 0 Å². The van der Waals surface area contributed by atoms with Crippen molar-refractivity contribution in [3.63, 3.8) is 0 Å². The van der Waals surface area contributed by atoms with Crippen molar-refractivity contribution in [2.75, 3.05) is 11.9 Å². The number of fused-ring (bicyclic) bond motifs is 3. The largest absolute Gasteiger partial charge is 0.384 e. The van der Waals surface area contributed by atoms with Crippen LogP contribution in [0.3, 0.4) is 0 Å². The van der Waals surface area contributed by atoms with Gasteiger partial charge in [-0.1, -0.05) is 23.7 Å². The van der Waals surface area contributed by atoms with Gasteiger partial charge in [-0.05, 0) is 36.8 Å². The molecule has 0 amide bonds. The fraction of sp³-hybridized carbons (Fsp3) is 0.111. The molecule has 0 radical (unpaired) electrons. The van der Waals surface area contributed by atoms with Crippen molar-refractivity contribution in [2.24, 2.45) is 0 Å². The van der Waals surface area contributed by atoms with E-state index in [0.29, 0.717) is 5.56 Å². The Morgan fingerprint density at radius 1 is 1.14 bits per heavy atom. The number of nitrogens with one attached hydrogen (secondary N) is 1. The van der Waals surface area contributed by atoms with Crippen LogP contribution in [0.25, 0.3) is 22.2 Å². The molecule has 1 aliphatic rings. The molecular formula is C18H12ClN3. The molecule has 3 nitrogen and oxygen atoms in total. The third-order valence-corrected chi connectivity index (χ3v) is 4.25. The molecule has 2 heterocycles. The Morgan fingerprint density at radius 2 is 1.95 bits per heavy atom. The van der Waals surface area contributed by atoms with E-state index in [2.05, 4.69) is 11.4 Å². The monoisotopic (exact) mass is 305 g/mol. The molecule has 0 saturated carbocycles. The van der Waals surface area contributed by atoms with Gasteiger partial charge in [-0.2, -0.15) is 5.26 Å². The maximum absolute atomic E-state index is 8.93. The zero-order chi connectivity index (χ0) is 15.1. The predicted molar refractivity (Wildman–Crippen MR) is 89.1 cm³/mol. The summed E-state index contributed by atoms with van der Waals surface area (Å²) in [7, 11) is 0. The van der Waals surface area contributed by atoms with Crippen LogP contribution in [0.4, 0.5) is 5.69 Å². The number of rotatable bonds is 1. The van der Waals surface area contributed by atoms with Crippen LogP contribution in [0.1, 0.15) is 11.1 Å². The number of anilines is 1. The van der Waals surface area contributed by atoms with E-state index in [1.54, 1.807) is 0 Å². The molecule has 4 heteroatoms. The third kappa shape index (κ3) is 2.01. The van der Waals surface area contributed by atoms with Crippen molar-refractivity contribution >= 4 is 28.2 Å². The standard InChI is InChI=1S/C18H12ClN3/c19-13-5-6-16-15(9-13)18-14(7-8-21-18)17(22-16)12-3-1-11(10-20)2-4-12/h1-6,9,21H,7-8H2. The van der Waals surface area contributed by atoms with Crippen molar-refractivity contribution < 1.29 is 0 Å². The van der Waals surface area contributed by atoms with Gasteiger partial charge in [0.15, 0.2) is 0 Å². The first-order chi connectivity index (χ1) is 10.8. The van der Waals surface area contributed by atoms with Gasteiger partial charge >= 0.3 is 0 Å². The van der Waals surface area contributed by atoms with Gasteiger partial charge in [-0.3, -0.25) is 0 Å². The van der Waals surface area contributed by atoms with Crippen molar-refractivity contribution in [1.82, 2.24) is 4.98 Å². The average Bonchev–Trinajstić information content (AvgIpc) is 3.04. The SMILES string of the molecule is N#Cc1ccc(-c2nc3ccc(Cl)cc3c3c2CCN3)cc1. The Hall–Kier alpha value is -2.57. The van der Waals surface area contributed by atoms with Gasteiger partial charge in [0.25, 0.3) is 0 Å². The fourth-order valence-corrected chi connectivity index (χ4v) is 3.15. The van der Waals surface area contributed by atoms with E-state index in [0.717, 1.165) is 45.8 Å². The molecule has 0 unspecified atom stereocenters. The molecule has 106 valence electrons. The quantitative estimate of drug-likeness (QED) is 0.725. The Kier molecular flexibility index (Phi) is 2.99. The summed E-state index contributed by atoms with van der Waals surface area (Å²) >= 11 is 6.12. The van der Waals surface area contributed by atoms with E-state index in [4.69, 9.17) is 21.8 Å². The van der Waals surface area contributed by atoms with Gasteiger partial charge in [0.1, 0.15) is 0 Å². The zero-order valence-electron chi connectivity index (χ0n) is 11.7. The molecule has 4 rings (SSSR count). The molecule has 3 aromatic rings. The minimum atomic E-state index is 0.658. The third-order valence-electron chi connectivity index (χ3n) is 4.01. The maximum atomic E-state index is 8.93. The van der Waals surface area contributed by atoms with Gasteiger partial charge < -0.3 is 5.32 Å². The molecule has 22 heavy (non-hydrogen) atoms. The van der Waals surface area contributed by atoms with Crippen molar-refractivity contribution in [1.29, 1.82) is 5.26 Å². The number of aromatic nitrogens is 1. The Labute approximate surface area is 133 Å². The van der Waals surface area contributed by atoms with Crippen molar-refractivity contribution in [3.05, 3.63) is 58.6 Å². The summed E-state index contributed by atoms with van der Waals surface area (Å²) in [6, 6.07) is 15.5. The molecular weight excluding hydrogens is 294 g/mol.